The molecular weight excluding hydrogens is 312 g/mol. The second-order valence-corrected chi connectivity index (χ2v) is 8.01. The Bertz CT molecular complexity index is 283. The van der Waals surface area contributed by atoms with Gasteiger partial charge in [0.1, 0.15) is 0 Å². The molecule has 0 rings (SSSR count). The summed E-state index contributed by atoms with van der Waals surface area (Å²) in [7, 11) is 0. The molecule has 152 valence electrons. The third-order valence-corrected chi connectivity index (χ3v) is 5.36. The van der Waals surface area contributed by atoms with Gasteiger partial charge in [-0.1, -0.05) is 40.5 Å². The van der Waals surface area contributed by atoms with Gasteiger partial charge >= 0.3 is 0 Å². The molecule has 25 heavy (non-hydrogen) atoms. The number of nitrogens with one attached hydrogen (secondary N) is 2. The molecule has 0 radical (unpaired) electrons. The Morgan fingerprint density at radius 1 is 0.800 bits per heavy atom. The van der Waals surface area contributed by atoms with Gasteiger partial charge in [0.15, 0.2) is 0 Å². The molecule has 0 fully saturated rings. The first-order valence-corrected chi connectivity index (χ1v) is 10.5. The standard InChI is InChI=1S/C20H46N4O/c1-5-18(11-21)9-16(3)7-8-23-14-20(25)15-24-13-17(4)10-19(6-2)12-22/h16-20,23-25H,5-15,21-22H2,1-4H3. The van der Waals surface area contributed by atoms with Gasteiger partial charge in [0.05, 0.1) is 6.10 Å². The van der Waals surface area contributed by atoms with E-state index in [9.17, 15) is 5.11 Å². The number of rotatable bonds is 17. The van der Waals surface area contributed by atoms with Crippen molar-refractivity contribution in [1.29, 1.82) is 0 Å². The van der Waals surface area contributed by atoms with E-state index in [1.807, 2.05) is 0 Å². The minimum Gasteiger partial charge on any atom is -0.390 e. The summed E-state index contributed by atoms with van der Waals surface area (Å²) in [6.45, 7) is 13.7. The molecule has 0 aliphatic heterocycles. The molecule has 0 spiro atoms. The molecule has 5 atom stereocenters. The van der Waals surface area contributed by atoms with Gasteiger partial charge < -0.3 is 27.2 Å². The third kappa shape index (κ3) is 13.6. The summed E-state index contributed by atoms with van der Waals surface area (Å²) in [6.07, 6.45) is 5.50. The Hall–Kier alpha value is -0.200. The van der Waals surface area contributed by atoms with Crippen LogP contribution in [0.4, 0.5) is 0 Å². The topological polar surface area (TPSA) is 96.3 Å². The van der Waals surface area contributed by atoms with Gasteiger partial charge in [0.2, 0.25) is 0 Å². The van der Waals surface area contributed by atoms with Crippen molar-refractivity contribution in [3.05, 3.63) is 0 Å². The zero-order chi connectivity index (χ0) is 19.1. The molecule has 0 aliphatic rings. The van der Waals surface area contributed by atoms with Crippen molar-refractivity contribution in [2.75, 3.05) is 39.3 Å². The van der Waals surface area contributed by atoms with Gasteiger partial charge in [-0.2, -0.15) is 0 Å². The third-order valence-electron chi connectivity index (χ3n) is 5.36. The monoisotopic (exact) mass is 358 g/mol. The van der Waals surface area contributed by atoms with Crippen LogP contribution < -0.4 is 22.1 Å². The first-order valence-electron chi connectivity index (χ1n) is 10.5. The maximum atomic E-state index is 10.1. The molecule has 0 aromatic carbocycles. The van der Waals surface area contributed by atoms with E-state index < -0.39 is 0 Å². The van der Waals surface area contributed by atoms with Crippen molar-refractivity contribution >= 4 is 0 Å². The summed E-state index contributed by atoms with van der Waals surface area (Å²) in [6, 6.07) is 0. The fourth-order valence-corrected chi connectivity index (χ4v) is 3.38. The van der Waals surface area contributed by atoms with Crippen LogP contribution in [0, 0.1) is 23.7 Å². The van der Waals surface area contributed by atoms with Crippen LogP contribution in [0.3, 0.4) is 0 Å². The van der Waals surface area contributed by atoms with Crippen molar-refractivity contribution in [3.8, 4) is 0 Å². The zero-order valence-corrected chi connectivity index (χ0v) is 17.3. The maximum absolute atomic E-state index is 10.1. The Kier molecular flexibility index (Phi) is 15.9. The average molecular weight is 359 g/mol. The highest BCUT2D eigenvalue weighted by Crippen LogP contribution is 2.16. The number of nitrogens with two attached hydrogens (primary N) is 2. The summed E-state index contributed by atoms with van der Waals surface area (Å²) < 4.78 is 0. The van der Waals surface area contributed by atoms with Crippen LogP contribution in [-0.4, -0.2) is 50.5 Å². The summed E-state index contributed by atoms with van der Waals surface area (Å²) in [4.78, 5) is 0. The van der Waals surface area contributed by atoms with E-state index >= 15 is 0 Å². The Labute approximate surface area is 156 Å². The van der Waals surface area contributed by atoms with E-state index in [2.05, 4.69) is 38.3 Å². The van der Waals surface area contributed by atoms with Crippen molar-refractivity contribution < 1.29 is 5.11 Å². The largest absolute Gasteiger partial charge is 0.390 e. The highest BCUT2D eigenvalue weighted by atomic mass is 16.3. The molecule has 0 aromatic rings. The van der Waals surface area contributed by atoms with E-state index in [0.717, 1.165) is 45.4 Å². The van der Waals surface area contributed by atoms with Gasteiger partial charge in [-0.15, -0.1) is 0 Å². The first kappa shape index (κ1) is 24.8. The van der Waals surface area contributed by atoms with E-state index in [4.69, 9.17) is 11.5 Å². The zero-order valence-electron chi connectivity index (χ0n) is 17.3. The Balaban J connectivity index is 3.65. The van der Waals surface area contributed by atoms with E-state index in [0.29, 0.717) is 36.8 Å². The number of aliphatic hydroxyl groups is 1. The van der Waals surface area contributed by atoms with Crippen molar-refractivity contribution in [2.24, 2.45) is 35.1 Å². The minimum atomic E-state index is -0.327. The minimum absolute atomic E-state index is 0.327. The van der Waals surface area contributed by atoms with Crippen LogP contribution >= 0.6 is 0 Å². The predicted octanol–water partition coefficient (Wildman–Crippen LogP) is 1.94. The normalized spacial score (nSPS) is 17.9. The van der Waals surface area contributed by atoms with Crippen LogP contribution in [-0.2, 0) is 0 Å². The number of aliphatic hydroxyl groups excluding tert-OH is 1. The lowest BCUT2D eigenvalue weighted by Gasteiger charge is -2.20. The fourth-order valence-electron chi connectivity index (χ4n) is 3.38. The summed E-state index contributed by atoms with van der Waals surface area (Å²) in [5, 5.41) is 16.8. The lowest BCUT2D eigenvalue weighted by atomic mass is 9.92. The average Bonchev–Trinajstić information content (AvgIpc) is 2.61. The molecule has 5 nitrogen and oxygen atoms in total. The quantitative estimate of drug-likeness (QED) is 0.256. The summed E-state index contributed by atoms with van der Waals surface area (Å²) >= 11 is 0. The van der Waals surface area contributed by atoms with Gasteiger partial charge in [0.25, 0.3) is 0 Å². The lowest BCUT2D eigenvalue weighted by molar-refractivity contribution is 0.165. The second kappa shape index (κ2) is 16.0. The van der Waals surface area contributed by atoms with Crippen molar-refractivity contribution in [3.63, 3.8) is 0 Å². The molecule has 5 heteroatoms. The first-order chi connectivity index (χ1) is 12.0. The molecule has 0 aliphatic carbocycles. The van der Waals surface area contributed by atoms with Crippen LogP contribution in [0.25, 0.3) is 0 Å². The van der Waals surface area contributed by atoms with Gasteiger partial charge in [-0.25, -0.2) is 0 Å². The summed E-state index contributed by atoms with van der Waals surface area (Å²) in [5.41, 5.74) is 11.5. The fraction of sp³-hybridized carbons (Fsp3) is 1.00. The highest BCUT2D eigenvalue weighted by molar-refractivity contribution is 4.69. The van der Waals surface area contributed by atoms with Gasteiger partial charge in [-0.3, -0.25) is 0 Å². The van der Waals surface area contributed by atoms with E-state index in [-0.39, 0.29) is 6.10 Å². The van der Waals surface area contributed by atoms with Crippen LogP contribution in [0.15, 0.2) is 0 Å². The van der Waals surface area contributed by atoms with Crippen LogP contribution in [0.5, 0.6) is 0 Å². The second-order valence-electron chi connectivity index (χ2n) is 8.01. The maximum Gasteiger partial charge on any atom is 0.0788 e. The lowest BCUT2D eigenvalue weighted by Crippen LogP contribution is -2.37. The molecule has 0 saturated heterocycles. The smallest absolute Gasteiger partial charge is 0.0788 e. The Morgan fingerprint density at radius 3 is 1.84 bits per heavy atom. The van der Waals surface area contributed by atoms with Crippen molar-refractivity contribution in [1.82, 2.24) is 10.6 Å². The predicted molar refractivity (Wildman–Crippen MR) is 110 cm³/mol. The van der Waals surface area contributed by atoms with Crippen LogP contribution in [0.1, 0.15) is 59.8 Å². The SMILES string of the molecule is CCC(CN)CC(C)CCNCC(O)CNCC(C)CC(CC)CN. The molecular formula is C20H46N4O. The molecule has 0 bridgehead atoms. The molecule has 5 unspecified atom stereocenters. The highest BCUT2D eigenvalue weighted by Gasteiger charge is 2.12. The molecule has 7 N–H and O–H groups in total. The Morgan fingerprint density at radius 2 is 1.32 bits per heavy atom. The molecule has 0 heterocycles. The van der Waals surface area contributed by atoms with Gasteiger partial charge in [0, 0.05) is 13.1 Å². The van der Waals surface area contributed by atoms with Crippen molar-refractivity contribution in [2.45, 2.75) is 65.9 Å². The number of hydrogen-bond donors (Lipinski definition) is 5. The number of hydrogen-bond acceptors (Lipinski definition) is 5. The molecule has 0 aromatic heterocycles. The van der Waals surface area contributed by atoms with E-state index in [1.54, 1.807) is 0 Å². The van der Waals surface area contributed by atoms with Gasteiger partial charge in [-0.05, 0) is 69.1 Å². The van der Waals surface area contributed by atoms with Crippen LogP contribution in [0.2, 0.25) is 0 Å². The summed E-state index contributed by atoms with van der Waals surface area (Å²) in [5.74, 6) is 2.56. The molecule has 0 amide bonds. The molecule has 0 saturated carbocycles. The van der Waals surface area contributed by atoms with E-state index in [1.165, 1.54) is 12.8 Å².